The number of allylic oxidation sites excluding steroid dienone is 1. The Hall–Kier alpha value is -0.630. The van der Waals surface area contributed by atoms with Crippen LogP contribution in [0.5, 0.6) is 0 Å². The Morgan fingerprint density at radius 2 is 2.10 bits per heavy atom. The second-order valence-corrected chi connectivity index (χ2v) is 2.82. The van der Waals surface area contributed by atoms with Crippen LogP contribution in [0.25, 0.3) is 0 Å². The molecule has 1 rings (SSSR count). The Bertz CT molecular complexity index is 163. The first-order valence-corrected chi connectivity index (χ1v) is 3.63. The molecule has 0 unspecified atom stereocenters. The van der Waals surface area contributed by atoms with Gasteiger partial charge in [0.15, 0.2) is 0 Å². The molecule has 1 aliphatic rings. The van der Waals surface area contributed by atoms with Crippen LogP contribution < -0.4 is 5.73 Å². The van der Waals surface area contributed by atoms with Crippen LogP contribution in [-0.4, -0.2) is 11.8 Å². The van der Waals surface area contributed by atoms with Gasteiger partial charge in [-0.25, -0.2) is 0 Å². The van der Waals surface area contributed by atoms with Gasteiger partial charge in [0.1, 0.15) is 5.78 Å². The Balaban J connectivity index is 2.59. The van der Waals surface area contributed by atoms with Crippen molar-refractivity contribution in [3.8, 4) is 0 Å². The van der Waals surface area contributed by atoms with Crippen LogP contribution in [0.2, 0.25) is 0 Å². The van der Waals surface area contributed by atoms with Gasteiger partial charge in [-0.2, -0.15) is 0 Å². The number of carbonyl (C=O) groups excluding carboxylic acids is 1. The summed E-state index contributed by atoms with van der Waals surface area (Å²) in [5, 5.41) is 0. The van der Waals surface area contributed by atoms with Gasteiger partial charge in [0.2, 0.25) is 0 Å². The van der Waals surface area contributed by atoms with Gasteiger partial charge in [-0.1, -0.05) is 12.2 Å². The zero-order valence-electron chi connectivity index (χ0n) is 6.21. The van der Waals surface area contributed by atoms with Crippen molar-refractivity contribution in [2.24, 2.45) is 11.7 Å². The first-order chi connectivity index (χ1) is 4.72. The Morgan fingerprint density at radius 1 is 1.50 bits per heavy atom. The van der Waals surface area contributed by atoms with Gasteiger partial charge in [0.25, 0.3) is 0 Å². The summed E-state index contributed by atoms with van der Waals surface area (Å²) in [7, 11) is 0. The molecule has 0 radical (unpaired) electrons. The molecule has 1 aliphatic carbocycles. The van der Waals surface area contributed by atoms with Gasteiger partial charge >= 0.3 is 0 Å². The van der Waals surface area contributed by atoms with Crippen LogP contribution in [-0.2, 0) is 4.79 Å². The van der Waals surface area contributed by atoms with Crippen molar-refractivity contribution in [1.82, 2.24) is 0 Å². The summed E-state index contributed by atoms with van der Waals surface area (Å²) in [5.74, 6) is 0.293. The van der Waals surface area contributed by atoms with E-state index in [1.165, 1.54) is 0 Å². The molecule has 2 nitrogen and oxygen atoms in total. The molecule has 2 N–H and O–H groups in total. The third kappa shape index (κ3) is 1.45. The van der Waals surface area contributed by atoms with Crippen LogP contribution in [0.1, 0.15) is 19.8 Å². The van der Waals surface area contributed by atoms with Crippen LogP contribution in [0, 0.1) is 5.92 Å². The minimum atomic E-state index is 0.0579. The number of ketones is 1. The highest BCUT2D eigenvalue weighted by molar-refractivity contribution is 5.79. The topological polar surface area (TPSA) is 43.1 Å². The van der Waals surface area contributed by atoms with E-state index >= 15 is 0 Å². The lowest BCUT2D eigenvalue weighted by molar-refractivity contribution is -0.121. The molecule has 2 heteroatoms. The summed E-state index contributed by atoms with van der Waals surface area (Å²) in [5.41, 5.74) is 5.71. The minimum absolute atomic E-state index is 0.0579. The van der Waals surface area contributed by atoms with Crippen LogP contribution in [0.4, 0.5) is 0 Å². The Labute approximate surface area is 61.1 Å². The molecular formula is C8H13NO. The normalized spacial score (nSPS) is 32.2. The molecule has 0 heterocycles. The summed E-state index contributed by atoms with van der Waals surface area (Å²) < 4.78 is 0. The minimum Gasteiger partial charge on any atom is -0.327 e. The summed E-state index contributed by atoms with van der Waals surface area (Å²) >= 11 is 0. The molecule has 0 fully saturated rings. The third-order valence-electron chi connectivity index (χ3n) is 2.00. The monoisotopic (exact) mass is 139 g/mol. The highest BCUT2D eigenvalue weighted by Gasteiger charge is 2.22. The van der Waals surface area contributed by atoms with Gasteiger partial charge < -0.3 is 5.73 Å². The van der Waals surface area contributed by atoms with E-state index in [9.17, 15) is 4.79 Å². The number of carbonyl (C=O) groups is 1. The predicted octanol–water partition coefficient (Wildman–Crippen LogP) is 0.869. The van der Waals surface area contributed by atoms with Gasteiger partial charge in [-0.3, -0.25) is 4.79 Å². The van der Waals surface area contributed by atoms with Crippen molar-refractivity contribution in [1.29, 1.82) is 0 Å². The predicted molar refractivity (Wildman–Crippen MR) is 40.5 cm³/mol. The number of hydrogen-bond donors (Lipinski definition) is 1. The van der Waals surface area contributed by atoms with Crippen molar-refractivity contribution >= 4 is 5.78 Å². The first-order valence-electron chi connectivity index (χ1n) is 3.63. The summed E-state index contributed by atoms with van der Waals surface area (Å²) in [6.45, 7) is 1.61. The average Bonchev–Trinajstić information content (AvgIpc) is 1.88. The molecule has 0 spiro atoms. The van der Waals surface area contributed by atoms with E-state index in [0.29, 0.717) is 0 Å². The van der Waals surface area contributed by atoms with Gasteiger partial charge in [0, 0.05) is 12.0 Å². The van der Waals surface area contributed by atoms with E-state index in [-0.39, 0.29) is 17.7 Å². The molecular weight excluding hydrogens is 126 g/mol. The van der Waals surface area contributed by atoms with Crippen LogP contribution in [0.15, 0.2) is 12.2 Å². The Morgan fingerprint density at radius 3 is 2.50 bits per heavy atom. The Kier molecular flexibility index (Phi) is 2.22. The van der Waals surface area contributed by atoms with Crippen LogP contribution >= 0.6 is 0 Å². The maximum Gasteiger partial charge on any atom is 0.134 e. The maximum atomic E-state index is 10.9. The smallest absolute Gasteiger partial charge is 0.134 e. The molecule has 2 atom stereocenters. The van der Waals surface area contributed by atoms with Gasteiger partial charge in [0.05, 0.1) is 0 Å². The van der Waals surface area contributed by atoms with Gasteiger partial charge in [-0.05, 0) is 19.8 Å². The molecule has 10 heavy (non-hydrogen) atoms. The largest absolute Gasteiger partial charge is 0.327 e. The van der Waals surface area contributed by atoms with E-state index in [2.05, 4.69) is 0 Å². The fourth-order valence-electron chi connectivity index (χ4n) is 1.30. The maximum absolute atomic E-state index is 10.9. The number of nitrogens with two attached hydrogens (primary N) is 1. The third-order valence-corrected chi connectivity index (χ3v) is 2.00. The molecule has 0 aliphatic heterocycles. The molecule has 0 aromatic rings. The van der Waals surface area contributed by atoms with E-state index in [4.69, 9.17) is 5.73 Å². The lowest BCUT2D eigenvalue weighted by Crippen LogP contribution is -2.35. The average molecular weight is 139 g/mol. The lowest BCUT2D eigenvalue weighted by atomic mass is 9.87. The molecule has 0 amide bonds. The van der Waals surface area contributed by atoms with Crippen molar-refractivity contribution in [3.05, 3.63) is 12.2 Å². The first kappa shape index (κ1) is 7.48. The van der Waals surface area contributed by atoms with E-state index in [1.807, 2.05) is 12.2 Å². The highest BCUT2D eigenvalue weighted by Crippen LogP contribution is 2.17. The fraction of sp³-hybridized carbons (Fsp3) is 0.625. The molecule has 0 saturated heterocycles. The second-order valence-electron chi connectivity index (χ2n) is 2.82. The number of hydrogen-bond acceptors (Lipinski definition) is 2. The summed E-state index contributed by atoms with van der Waals surface area (Å²) in [4.78, 5) is 10.9. The molecule has 0 bridgehead atoms. The summed E-state index contributed by atoms with van der Waals surface area (Å²) in [6, 6.07) is 0.0579. The van der Waals surface area contributed by atoms with E-state index in [0.717, 1.165) is 12.8 Å². The highest BCUT2D eigenvalue weighted by atomic mass is 16.1. The van der Waals surface area contributed by atoms with Crippen molar-refractivity contribution in [2.75, 3.05) is 0 Å². The lowest BCUT2D eigenvalue weighted by Gasteiger charge is -2.21. The van der Waals surface area contributed by atoms with Crippen molar-refractivity contribution in [2.45, 2.75) is 25.8 Å². The summed E-state index contributed by atoms with van der Waals surface area (Å²) in [6.07, 6.45) is 5.76. The van der Waals surface area contributed by atoms with Crippen molar-refractivity contribution < 1.29 is 4.79 Å². The second kappa shape index (κ2) is 2.97. The zero-order valence-corrected chi connectivity index (χ0v) is 6.21. The molecule has 0 aromatic carbocycles. The standard InChI is InChI=1S/C8H13NO/c1-6(10)7-4-2-3-5-8(7)9/h2-3,7-8H,4-5,9H2,1H3/t7-,8+/m0/s1. The number of rotatable bonds is 1. The zero-order chi connectivity index (χ0) is 7.56. The van der Waals surface area contributed by atoms with Gasteiger partial charge in [-0.15, -0.1) is 0 Å². The van der Waals surface area contributed by atoms with E-state index in [1.54, 1.807) is 6.92 Å². The van der Waals surface area contributed by atoms with Crippen LogP contribution in [0.3, 0.4) is 0 Å². The van der Waals surface area contributed by atoms with E-state index < -0.39 is 0 Å². The SMILES string of the molecule is CC(=O)[C@@H]1CC=CC[C@H]1N. The van der Waals surface area contributed by atoms with Crippen molar-refractivity contribution in [3.63, 3.8) is 0 Å². The number of Topliss-reactive ketones (excluding diaryl/α,β-unsaturated/α-hetero) is 1. The quantitative estimate of drug-likeness (QED) is 0.548. The molecule has 56 valence electrons. The molecule has 0 aromatic heterocycles. The fourth-order valence-corrected chi connectivity index (χ4v) is 1.30. The molecule has 0 saturated carbocycles.